The maximum atomic E-state index is 5.90. The van der Waals surface area contributed by atoms with Gasteiger partial charge >= 0.3 is 0 Å². The third kappa shape index (κ3) is 2.58. The molecule has 3 aromatic carbocycles. The Labute approximate surface area is 152 Å². The van der Waals surface area contributed by atoms with Gasteiger partial charge in [0.2, 0.25) is 0 Å². The first-order chi connectivity index (χ1) is 12.9. The minimum Gasteiger partial charge on any atom is -0.457 e. The van der Waals surface area contributed by atoms with Gasteiger partial charge in [-0.05, 0) is 48.9 Å². The summed E-state index contributed by atoms with van der Waals surface area (Å²) in [4.78, 5) is 4.95. The van der Waals surface area contributed by atoms with Crippen LogP contribution in [0.4, 0.5) is 5.69 Å². The van der Waals surface area contributed by atoms with Crippen molar-refractivity contribution in [2.24, 2.45) is 0 Å². The van der Waals surface area contributed by atoms with Crippen LogP contribution in [0.3, 0.4) is 0 Å². The summed E-state index contributed by atoms with van der Waals surface area (Å²) in [5.41, 5.74) is 5.75. The van der Waals surface area contributed by atoms with Crippen LogP contribution in [0.5, 0.6) is 11.5 Å². The van der Waals surface area contributed by atoms with E-state index < -0.39 is 0 Å². The first-order valence-electron chi connectivity index (χ1n) is 8.87. The van der Waals surface area contributed by atoms with E-state index in [9.17, 15) is 0 Å². The van der Waals surface area contributed by atoms with Gasteiger partial charge in [-0.15, -0.1) is 0 Å². The molecule has 2 heterocycles. The Kier molecular flexibility index (Phi) is 3.56. The highest BCUT2D eigenvalue weighted by Gasteiger charge is 2.20. The quantitative estimate of drug-likeness (QED) is 0.523. The number of hydrogen-bond donors (Lipinski definition) is 1. The molecule has 0 atom stereocenters. The number of nitrogens with zero attached hydrogens (tertiary/aromatic N) is 1. The van der Waals surface area contributed by atoms with Crippen molar-refractivity contribution >= 4 is 16.6 Å². The molecule has 1 aliphatic heterocycles. The molecule has 26 heavy (non-hydrogen) atoms. The van der Waals surface area contributed by atoms with Gasteiger partial charge < -0.3 is 10.1 Å². The van der Waals surface area contributed by atoms with Crippen LogP contribution in [0.15, 0.2) is 78.9 Å². The molecule has 0 unspecified atom stereocenters. The molecule has 0 saturated heterocycles. The van der Waals surface area contributed by atoms with Gasteiger partial charge in [-0.2, -0.15) is 0 Å². The Balaban J connectivity index is 1.54. The second-order valence-electron chi connectivity index (χ2n) is 6.45. The molecule has 0 radical (unpaired) electrons. The van der Waals surface area contributed by atoms with E-state index in [0.717, 1.165) is 41.2 Å². The van der Waals surface area contributed by atoms with E-state index in [1.807, 2.05) is 48.5 Å². The monoisotopic (exact) mass is 338 g/mol. The Hall–Kier alpha value is -3.33. The van der Waals surface area contributed by atoms with Crippen LogP contribution in [0.2, 0.25) is 0 Å². The van der Waals surface area contributed by atoms with E-state index in [2.05, 4.69) is 35.6 Å². The van der Waals surface area contributed by atoms with Gasteiger partial charge in [-0.1, -0.05) is 36.4 Å². The van der Waals surface area contributed by atoms with Gasteiger partial charge in [0.25, 0.3) is 0 Å². The number of fused-ring (bicyclic) bond motifs is 3. The SMILES string of the molecule is c1ccc(Oc2ccc(-c3nc4ccccc4c4c3CCN4)cc2)cc1. The minimum atomic E-state index is 0.829. The van der Waals surface area contributed by atoms with Crippen LogP contribution in [-0.4, -0.2) is 11.5 Å². The smallest absolute Gasteiger partial charge is 0.127 e. The van der Waals surface area contributed by atoms with Crippen molar-refractivity contribution in [1.82, 2.24) is 4.98 Å². The van der Waals surface area contributed by atoms with E-state index >= 15 is 0 Å². The largest absolute Gasteiger partial charge is 0.457 e. The van der Waals surface area contributed by atoms with Gasteiger partial charge in [0, 0.05) is 28.7 Å². The predicted molar refractivity (Wildman–Crippen MR) is 106 cm³/mol. The van der Waals surface area contributed by atoms with Crippen LogP contribution >= 0.6 is 0 Å². The van der Waals surface area contributed by atoms with Crippen LogP contribution in [0.25, 0.3) is 22.2 Å². The molecule has 1 aromatic heterocycles. The zero-order valence-corrected chi connectivity index (χ0v) is 14.3. The molecule has 0 bridgehead atoms. The summed E-state index contributed by atoms with van der Waals surface area (Å²) < 4.78 is 5.90. The number of anilines is 1. The second kappa shape index (κ2) is 6.19. The summed E-state index contributed by atoms with van der Waals surface area (Å²) in [6, 6.07) is 26.4. The molecule has 0 spiro atoms. The van der Waals surface area contributed by atoms with Crippen LogP contribution in [0.1, 0.15) is 5.56 Å². The normalized spacial score (nSPS) is 12.6. The van der Waals surface area contributed by atoms with Gasteiger partial charge in [-0.3, -0.25) is 0 Å². The van der Waals surface area contributed by atoms with Crippen molar-refractivity contribution < 1.29 is 4.74 Å². The van der Waals surface area contributed by atoms with Crippen LogP contribution in [0, 0.1) is 0 Å². The summed E-state index contributed by atoms with van der Waals surface area (Å²) in [6.07, 6.45) is 1.00. The van der Waals surface area contributed by atoms with E-state index in [1.54, 1.807) is 0 Å². The number of ether oxygens (including phenoxy) is 1. The number of benzene rings is 3. The van der Waals surface area contributed by atoms with Gasteiger partial charge in [-0.25, -0.2) is 4.98 Å². The van der Waals surface area contributed by atoms with Gasteiger partial charge in [0.15, 0.2) is 0 Å². The van der Waals surface area contributed by atoms with Crippen molar-refractivity contribution in [2.75, 3.05) is 11.9 Å². The number of para-hydroxylation sites is 2. The van der Waals surface area contributed by atoms with Gasteiger partial charge in [0.05, 0.1) is 11.2 Å². The van der Waals surface area contributed by atoms with E-state index in [4.69, 9.17) is 9.72 Å². The van der Waals surface area contributed by atoms with Crippen LogP contribution in [-0.2, 0) is 6.42 Å². The first-order valence-corrected chi connectivity index (χ1v) is 8.87. The lowest BCUT2D eigenvalue weighted by molar-refractivity contribution is 0.483. The Morgan fingerprint density at radius 3 is 2.35 bits per heavy atom. The first kappa shape index (κ1) is 15.0. The Bertz CT molecular complexity index is 1070. The number of rotatable bonds is 3. The second-order valence-corrected chi connectivity index (χ2v) is 6.45. The van der Waals surface area contributed by atoms with E-state index in [0.29, 0.717) is 0 Å². The van der Waals surface area contributed by atoms with Crippen molar-refractivity contribution in [3.8, 4) is 22.8 Å². The standard InChI is InChI=1S/C23H18N2O/c1-2-6-17(7-3-1)26-18-12-10-16(11-13-18)22-20-14-15-24-23(20)19-8-4-5-9-21(19)25-22/h1-13,24H,14-15H2. The average Bonchev–Trinajstić information content (AvgIpc) is 3.19. The molecule has 1 aliphatic rings. The predicted octanol–water partition coefficient (Wildman–Crippen LogP) is 5.66. The maximum absolute atomic E-state index is 5.90. The summed E-state index contributed by atoms with van der Waals surface area (Å²) in [5, 5.41) is 4.73. The topological polar surface area (TPSA) is 34.1 Å². The van der Waals surface area contributed by atoms with E-state index in [-0.39, 0.29) is 0 Å². The maximum Gasteiger partial charge on any atom is 0.127 e. The highest BCUT2D eigenvalue weighted by atomic mass is 16.5. The van der Waals surface area contributed by atoms with Crippen molar-refractivity contribution in [3.05, 3.63) is 84.4 Å². The fourth-order valence-corrected chi connectivity index (χ4v) is 3.55. The van der Waals surface area contributed by atoms with E-state index in [1.165, 1.54) is 16.6 Å². The molecular weight excluding hydrogens is 320 g/mol. The van der Waals surface area contributed by atoms with Crippen LogP contribution < -0.4 is 10.1 Å². The molecule has 3 nitrogen and oxygen atoms in total. The summed E-state index contributed by atoms with van der Waals surface area (Å²) in [6.45, 7) is 0.965. The lowest BCUT2D eigenvalue weighted by atomic mass is 10.0. The number of pyridine rings is 1. The third-order valence-electron chi connectivity index (χ3n) is 4.78. The van der Waals surface area contributed by atoms with Crippen molar-refractivity contribution in [2.45, 2.75) is 6.42 Å². The molecule has 0 aliphatic carbocycles. The Morgan fingerprint density at radius 1 is 0.769 bits per heavy atom. The zero-order chi connectivity index (χ0) is 17.3. The highest BCUT2D eigenvalue weighted by molar-refractivity contribution is 5.97. The molecule has 0 amide bonds. The number of aromatic nitrogens is 1. The fraction of sp³-hybridized carbons (Fsp3) is 0.0870. The zero-order valence-electron chi connectivity index (χ0n) is 14.3. The lowest BCUT2D eigenvalue weighted by Gasteiger charge is -2.12. The van der Waals surface area contributed by atoms with Gasteiger partial charge in [0.1, 0.15) is 11.5 Å². The molecule has 0 saturated carbocycles. The summed E-state index contributed by atoms with van der Waals surface area (Å²) in [5.74, 6) is 1.67. The number of nitrogens with one attached hydrogen (secondary N) is 1. The number of hydrogen-bond acceptors (Lipinski definition) is 3. The summed E-state index contributed by atoms with van der Waals surface area (Å²) >= 11 is 0. The minimum absolute atomic E-state index is 0.829. The highest BCUT2D eigenvalue weighted by Crippen LogP contribution is 2.37. The molecule has 1 N–H and O–H groups in total. The molecule has 0 fully saturated rings. The molecule has 3 heteroatoms. The molecular formula is C23H18N2O. The fourth-order valence-electron chi connectivity index (χ4n) is 3.55. The average molecular weight is 338 g/mol. The molecule has 126 valence electrons. The third-order valence-corrected chi connectivity index (χ3v) is 4.78. The lowest BCUT2D eigenvalue weighted by Crippen LogP contribution is -1.94. The van der Waals surface area contributed by atoms with Crippen molar-refractivity contribution in [3.63, 3.8) is 0 Å². The molecule has 4 aromatic rings. The van der Waals surface area contributed by atoms with Crippen molar-refractivity contribution in [1.29, 1.82) is 0 Å². The Morgan fingerprint density at radius 2 is 1.50 bits per heavy atom. The molecule has 5 rings (SSSR count). The summed E-state index contributed by atoms with van der Waals surface area (Å²) in [7, 11) is 0.